The molecule has 0 radical (unpaired) electrons. The fourth-order valence-corrected chi connectivity index (χ4v) is 4.61. The van der Waals surface area contributed by atoms with Crippen LogP contribution in [-0.2, 0) is 14.3 Å². The zero-order valence-corrected chi connectivity index (χ0v) is 18.3. The highest BCUT2D eigenvalue weighted by atomic mass is 16.5. The summed E-state index contributed by atoms with van der Waals surface area (Å²) in [6, 6.07) is 0.100. The molecule has 3 N–H and O–H groups in total. The maximum absolute atomic E-state index is 13.0. The van der Waals surface area contributed by atoms with Crippen molar-refractivity contribution in [1.82, 2.24) is 19.7 Å². The maximum atomic E-state index is 13.0. The van der Waals surface area contributed by atoms with Crippen LogP contribution in [0.25, 0.3) is 10.9 Å². The predicted octanol–water partition coefficient (Wildman–Crippen LogP) is 3.08. The van der Waals surface area contributed by atoms with Crippen molar-refractivity contribution in [3.63, 3.8) is 0 Å². The molecule has 0 aliphatic carbocycles. The van der Waals surface area contributed by atoms with Gasteiger partial charge >= 0.3 is 11.8 Å². The van der Waals surface area contributed by atoms with Gasteiger partial charge in [-0.1, -0.05) is 20.3 Å². The van der Waals surface area contributed by atoms with E-state index in [1.165, 1.54) is 6.20 Å². The molecule has 9 nitrogen and oxygen atoms in total. The number of pyridine rings is 1. The predicted molar refractivity (Wildman–Crippen MR) is 118 cm³/mol. The molecule has 2 aliphatic rings. The Morgan fingerprint density at radius 1 is 1.23 bits per heavy atom. The highest BCUT2D eigenvalue weighted by Gasteiger charge is 2.33. The summed E-state index contributed by atoms with van der Waals surface area (Å²) >= 11 is 0. The molecule has 2 aliphatic heterocycles. The second-order valence-corrected chi connectivity index (χ2v) is 8.58. The van der Waals surface area contributed by atoms with Crippen molar-refractivity contribution >= 4 is 34.2 Å². The Labute approximate surface area is 182 Å². The number of likely N-dealkylation sites (tertiary alicyclic amines) is 1. The number of nitrogens with two attached hydrogens (primary N) is 1. The number of hydrogen-bond donors (Lipinski definition) is 2. The van der Waals surface area contributed by atoms with Crippen LogP contribution in [0.1, 0.15) is 65.0 Å². The van der Waals surface area contributed by atoms with Gasteiger partial charge in [-0.2, -0.15) is 5.10 Å². The molecule has 2 saturated heterocycles. The quantitative estimate of drug-likeness (QED) is 0.723. The third-order valence-electron chi connectivity index (χ3n) is 6.59. The minimum Gasteiger partial charge on any atom is -0.397 e. The van der Waals surface area contributed by atoms with Crippen LogP contribution in [0.3, 0.4) is 0 Å². The number of anilines is 2. The minimum atomic E-state index is -0.683. The normalized spacial score (nSPS) is 24.3. The molecule has 2 fully saturated rings. The van der Waals surface area contributed by atoms with Gasteiger partial charge in [0, 0.05) is 30.8 Å². The van der Waals surface area contributed by atoms with E-state index in [0.29, 0.717) is 35.7 Å². The molecule has 2 aromatic rings. The Morgan fingerprint density at radius 2 is 2.06 bits per heavy atom. The van der Waals surface area contributed by atoms with Crippen molar-refractivity contribution in [2.45, 2.75) is 71.1 Å². The number of rotatable bonds is 4. The molecule has 0 bridgehead atoms. The summed E-state index contributed by atoms with van der Waals surface area (Å²) in [5, 5.41) is 7.96. The van der Waals surface area contributed by atoms with E-state index >= 15 is 0 Å². The number of fused-ring (bicyclic) bond motifs is 1. The molecule has 0 aromatic carbocycles. The average molecular weight is 429 g/mol. The lowest BCUT2D eigenvalue weighted by atomic mass is 9.89. The lowest BCUT2D eigenvalue weighted by Gasteiger charge is -2.38. The van der Waals surface area contributed by atoms with E-state index in [0.717, 1.165) is 44.9 Å². The van der Waals surface area contributed by atoms with E-state index in [2.05, 4.69) is 29.2 Å². The standard InChI is InChI=1S/C22H32N6O3/c1-3-14-8-9-15(4-2)27(12-14)22(30)21(29)25-20-19-16(17(23)11-24-20)13-28(26-19)18-7-5-6-10-31-18/h11,13-15,18H,3-10,12,23H2,1-2H3,(H,24,25,29)/t14-,15+,18?/m1/s1. The molecule has 0 saturated carbocycles. The highest BCUT2D eigenvalue weighted by molar-refractivity contribution is 6.40. The largest absolute Gasteiger partial charge is 0.397 e. The second-order valence-electron chi connectivity index (χ2n) is 8.58. The van der Waals surface area contributed by atoms with Crippen molar-refractivity contribution in [1.29, 1.82) is 0 Å². The Bertz CT molecular complexity index is 952. The van der Waals surface area contributed by atoms with Gasteiger partial charge in [-0.05, 0) is 44.4 Å². The van der Waals surface area contributed by atoms with Gasteiger partial charge in [0.1, 0.15) is 11.7 Å². The smallest absolute Gasteiger partial charge is 0.315 e. The van der Waals surface area contributed by atoms with Gasteiger partial charge in [0.05, 0.1) is 11.9 Å². The first-order chi connectivity index (χ1) is 15.0. The van der Waals surface area contributed by atoms with Crippen molar-refractivity contribution in [2.24, 2.45) is 5.92 Å². The first-order valence-corrected chi connectivity index (χ1v) is 11.4. The summed E-state index contributed by atoms with van der Waals surface area (Å²) in [5.74, 6) is -0.509. The van der Waals surface area contributed by atoms with E-state index in [4.69, 9.17) is 10.5 Å². The number of carbonyl (C=O) groups excluding carboxylic acids is 2. The minimum absolute atomic E-state index is 0.100. The number of ether oxygens (including phenoxy) is 1. The number of aromatic nitrogens is 3. The van der Waals surface area contributed by atoms with Crippen LogP contribution in [0.4, 0.5) is 11.5 Å². The van der Waals surface area contributed by atoms with Crippen molar-refractivity contribution in [2.75, 3.05) is 24.2 Å². The molecule has 168 valence electrons. The summed E-state index contributed by atoms with van der Waals surface area (Å²) in [6.45, 7) is 5.50. The molecule has 9 heteroatoms. The van der Waals surface area contributed by atoms with Gasteiger partial charge in [0.25, 0.3) is 0 Å². The van der Waals surface area contributed by atoms with Gasteiger partial charge < -0.3 is 20.7 Å². The molecule has 0 spiro atoms. The summed E-state index contributed by atoms with van der Waals surface area (Å²) in [5.41, 5.74) is 7.03. The summed E-state index contributed by atoms with van der Waals surface area (Å²) in [7, 11) is 0. The Hall–Kier alpha value is -2.68. The van der Waals surface area contributed by atoms with Crippen LogP contribution in [0, 0.1) is 5.92 Å². The number of amides is 2. The number of carbonyl (C=O) groups is 2. The van der Waals surface area contributed by atoms with Gasteiger partial charge in [-0.15, -0.1) is 0 Å². The lowest BCUT2D eigenvalue weighted by molar-refractivity contribution is -0.146. The highest BCUT2D eigenvalue weighted by Crippen LogP contribution is 2.30. The van der Waals surface area contributed by atoms with Crippen LogP contribution in [0.15, 0.2) is 12.4 Å². The molecule has 4 heterocycles. The first-order valence-electron chi connectivity index (χ1n) is 11.4. The number of nitrogens with zero attached hydrogens (tertiary/aromatic N) is 4. The molecule has 3 atom stereocenters. The van der Waals surface area contributed by atoms with E-state index in [1.807, 2.05) is 6.20 Å². The fourth-order valence-electron chi connectivity index (χ4n) is 4.61. The molecule has 2 amide bonds. The first kappa shape index (κ1) is 21.5. The summed E-state index contributed by atoms with van der Waals surface area (Å²) < 4.78 is 7.55. The van der Waals surface area contributed by atoms with E-state index in [-0.39, 0.29) is 18.1 Å². The van der Waals surface area contributed by atoms with Crippen LogP contribution >= 0.6 is 0 Å². The Kier molecular flexibility index (Phi) is 6.41. The molecular formula is C22H32N6O3. The zero-order valence-electron chi connectivity index (χ0n) is 18.3. The Balaban J connectivity index is 1.55. The van der Waals surface area contributed by atoms with Crippen LogP contribution < -0.4 is 11.1 Å². The van der Waals surface area contributed by atoms with Gasteiger partial charge in [-0.25, -0.2) is 9.67 Å². The third-order valence-corrected chi connectivity index (χ3v) is 6.59. The summed E-state index contributed by atoms with van der Waals surface area (Å²) in [6.07, 6.45) is 10.0. The topological polar surface area (TPSA) is 115 Å². The molecule has 2 aromatic heterocycles. The lowest BCUT2D eigenvalue weighted by Crippen LogP contribution is -2.50. The molecule has 4 rings (SSSR count). The van der Waals surface area contributed by atoms with Crippen molar-refractivity contribution in [3.8, 4) is 0 Å². The number of piperidine rings is 1. The van der Waals surface area contributed by atoms with E-state index < -0.39 is 11.8 Å². The molecule has 31 heavy (non-hydrogen) atoms. The number of hydrogen-bond acceptors (Lipinski definition) is 6. The summed E-state index contributed by atoms with van der Waals surface area (Å²) in [4.78, 5) is 31.9. The molecule has 1 unspecified atom stereocenters. The van der Waals surface area contributed by atoms with Crippen LogP contribution in [-0.4, -0.2) is 50.7 Å². The zero-order chi connectivity index (χ0) is 22.0. The van der Waals surface area contributed by atoms with Gasteiger partial charge in [0.15, 0.2) is 5.82 Å². The monoisotopic (exact) mass is 428 g/mol. The van der Waals surface area contributed by atoms with Crippen LogP contribution in [0.5, 0.6) is 0 Å². The third kappa shape index (κ3) is 4.37. The number of nitrogen functional groups attached to an aromatic ring is 1. The maximum Gasteiger partial charge on any atom is 0.315 e. The van der Waals surface area contributed by atoms with Gasteiger partial charge in [-0.3, -0.25) is 9.59 Å². The average Bonchev–Trinajstić information content (AvgIpc) is 3.27. The molecular weight excluding hydrogens is 396 g/mol. The Morgan fingerprint density at radius 3 is 2.77 bits per heavy atom. The number of nitrogens with one attached hydrogen (secondary N) is 1. The van der Waals surface area contributed by atoms with E-state index in [9.17, 15) is 9.59 Å². The second kappa shape index (κ2) is 9.21. The van der Waals surface area contributed by atoms with Crippen molar-refractivity contribution < 1.29 is 14.3 Å². The van der Waals surface area contributed by atoms with Gasteiger partial charge in [0.2, 0.25) is 0 Å². The fraction of sp³-hybridized carbons (Fsp3) is 0.636. The SMILES string of the molecule is CC[C@@H]1CC[C@H](CC)N(C(=O)C(=O)Nc2ncc(N)c3cn(C4CCCCO4)nc23)C1. The van der Waals surface area contributed by atoms with Crippen LogP contribution in [0.2, 0.25) is 0 Å². The van der Waals surface area contributed by atoms with E-state index in [1.54, 1.807) is 9.58 Å². The van der Waals surface area contributed by atoms with Crippen molar-refractivity contribution in [3.05, 3.63) is 12.4 Å².